The summed E-state index contributed by atoms with van der Waals surface area (Å²) >= 11 is 0. The number of amides is 1. The molecule has 8 nitrogen and oxygen atoms in total. The number of alkyl halides is 2. The number of carbonyl (C=O) groups excluding carboxylic acids is 1. The van der Waals surface area contributed by atoms with E-state index in [0.29, 0.717) is 16.5 Å². The minimum absolute atomic E-state index is 0.0322. The predicted molar refractivity (Wildman–Crippen MR) is 105 cm³/mol. The van der Waals surface area contributed by atoms with Crippen molar-refractivity contribution in [2.24, 2.45) is 0 Å². The van der Waals surface area contributed by atoms with E-state index >= 15 is 0 Å². The van der Waals surface area contributed by atoms with Crippen molar-refractivity contribution in [3.63, 3.8) is 0 Å². The maximum atomic E-state index is 14.4. The molecule has 0 bridgehead atoms. The number of aliphatic hydroxyl groups is 1. The molecule has 0 spiro atoms. The number of carbonyl (C=O) groups is 1. The summed E-state index contributed by atoms with van der Waals surface area (Å²) in [6.07, 6.45) is -2.23. The van der Waals surface area contributed by atoms with Crippen molar-refractivity contribution in [3.05, 3.63) is 39.4 Å². The maximum Gasteiger partial charge on any atom is 0.252 e. The number of aryl methyl sites for hydroxylation is 1. The van der Waals surface area contributed by atoms with Gasteiger partial charge in [0.2, 0.25) is 11.6 Å². The lowest BCUT2D eigenvalue weighted by molar-refractivity contribution is -0.514. The van der Waals surface area contributed by atoms with Crippen LogP contribution in [-0.4, -0.2) is 69.9 Å². The van der Waals surface area contributed by atoms with E-state index in [9.17, 15) is 28.7 Å². The maximum absolute atomic E-state index is 14.4. The first-order valence-electron chi connectivity index (χ1n) is 9.43. The lowest BCUT2D eigenvalue weighted by Crippen LogP contribution is -2.54. The number of fused-ring (bicyclic) bond motifs is 1. The van der Waals surface area contributed by atoms with Gasteiger partial charge in [-0.3, -0.25) is 9.59 Å². The van der Waals surface area contributed by atoms with Gasteiger partial charge in [-0.1, -0.05) is 0 Å². The number of H-pyrrole nitrogens is 1. The van der Waals surface area contributed by atoms with Crippen molar-refractivity contribution in [2.75, 3.05) is 20.2 Å². The van der Waals surface area contributed by atoms with Gasteiger partial charge >= 0.3 is 0 Å². The highest BCUT2D eigenvalue weighted by molar-refractivity contribution is 5.94. The van der Waals surface area contributed by atoms with Gasteiger partial charge in [0.25, 0.3) is 5.56 Å². The van der Waals surface area contributed by atoms with Crippen LogP contribution in [-0.2, 0) is 11.2 Å². The van der Waals surface area contributed by atoms with E-state index in [1.165, 1.54) is 17.8 Å². The van der Waals surface area contributed by atoms with E-state index in [1.807, 2.05) is 6.07 Å². The first-order chi connectivity index (χ1) is 14.3. The average Bonchev–Trinajstić information content (AvgIpc) is 2.68. The molecule has 2 unspecified atom stereocenters. The third kappa shape index (κ3) is 4.07. The summed E-state index contributed by atoms with van der Waals surface area (Å²) in [4.78, 5) is 31.7. The van der Waals surface area contributed by atoms with Crippen LogP contribution in [0.15, 0.2) is 17.1 Å². The van der Waals surface area contributed by atoms with Crippen LogP contribution in [0.5, 0.6) is 0 Å². The molecule has 0 radical (unpaired) electrons. The third-order valence-corrected chi connectivity index (χ3v) is 5.32. The van der Waals surface area contributed by atoms with Crippen LogP contribution in [0.2, 0.25) is 0 Å². The highest BCUT2D eigenvalue weighted by atomic mass is 19.1. The van der Waals surface area contributed by atoms with Crippen LogP contribution in [0.1, 0.15) is 23.2 Å². The summed E-state index contributed by atoms with van der Waals surface area (Å²) in [5, 5.41) is 21.9. The number of aromatic nitrogens is 2. The second-order valence-electron chi connectivity index (χ2n) is 7.34. The molecule has 3 atom stereocenters. The van der Waals surface area contributed by atoms with Crippen LogP contribution < -0.4 is 10.9 Å². The van der Waals surface area contributed by atoms with Gasteiger partial charge in [0.05, 0.1) is 18.5 Å². The molecule has 0 saturated heterocycles. The molecule has 30 heavy (non-hydrogen) atoms. The van der Waals surface area contributed by atoms with Crippen LogP contribution in [0, 0.1) is 18.3 Å². The zero-order chi connectivity index (χ0) is 22.0. The molecule has 0 aromatic carbocycles. The largest absolute Gasteiger partial charge is 0.394 e. The number of aliphatic hydroxyl groups excluding tert-OH is 1. The van der Waals surface area contributed by atoms with E-state index in [4.69, 9.17) is 0 Å². The molecule has 10 heteroatoms. The summed E-state index contributed by atoms with van der Waals surface area (Å²) in [6.45, 7) is 1.02. The summed E-state index contributed by atoms with van der Waals surface area (Å²) in [6, 6.07) is 2.48. The van der Waals surface area contributed by atoms with Crippen LogP contribution in [0.3, 0.4) is 0 Å². The Morgan fingerprint density at radius 3 is 2.90 bits per heavy atom. The fraction of sp³-hybridized carbons (Fsp3) is 0.450. The summed E-state index contributed by atoms with van der Waals surface area (Å²) < 4.78 is 29.3. The highest BCUT2D eigenvalue weighted by Gasteiger charge is 2.39. The Hall–Kier alpha value is -3.19. The number of rotatable bonds is 5. The number of nitrogens with one attached hydrogen (secondary N) is 2. The molecule has 158 valence electrons. The second-order valence-corrected chi connectivity index (χ2v) is 7.34. The minimum Gasteiger partial charge on any atom is -0.394 e. The molecule has 2 aromatic heterocycles. The molecule has 3 rings (SSSR count). The quantitative estimate of drug-likeness (QED) is 0.603. The van der Waals surface area contributed by atoms with Gasteiger partial charge in [0, 0.05) is 23.6 Å². The Balaban J connectivity index is 1.89. The normalized spacial score (nSPS) is 20.1. The standard InChI is InChI=1S/C20H21F2N5O3/c1-10-12(20(30)26-14-3-4-24-15(7-23)18(10)14)6-17(29)25-16(9-28)19-13(22)5-11(21)8-27(19)2/h3-4,11,13,16,28H,5-6,8-9H2,1-2H3,(H-,24,25,26,29,30)/p+1/t11?,13?,16-/m0/s1. The van der Waals surface area contributed by atoms with Gasteiger partial charge < -0.3 is 15.4 Å². The summed E-state index contributed by atoms with van der Waals surface area (Å²) in [5.41, 5.74) is 0.749. The van der Waals surface area contributed by atoms with Gasteiger partial charge in [0.1, 0.15) is 24.9 Å². The molecule has 1 aliphatic heterocycles. The van der Waals surface area contributed by atoms with Crippen molar-refractivity contribution in [2.45, 2.75) is 38.2 Å². The smallest absolute Gasteiger partial charge is 0.252 e. The van der Waals surface area contributed by atoms with Crippen molar-refractivity contribution in [1.82, 2.24) is 15.3 Å². The van der Waals surface area contributed by atoms with Crippen LogP contribution in [0.4, 0.5) is 8.78 Å². The molecular weight excluding hydrogens is 396 g/mol. The van der Waals surface area contributed by atoms with Gasteiger partial charge in [-0.15, -0.1) is 0 Å². The molecule has 1 aliphatic rings. The minimum atomic E-state index is -1.63. The number of nitrogens with zero attached hydrogens (tertiary/aromatic N) is 3. The van der Waals surface area contributed by atoms with Crippen molar-refractivity contribution in [3.8, 4) is 6.07 Å². The van der Waals surface area contributed by atoms with Gasteiger partial charge in [-0.05, 0) is 18.6 Å². The first kappa shape index (κ1) is 21.5. The van der Waals surface area contributed by atoms with Crippen LogP contribution >= 0.6 is 0 Å². The molecule has 3 N–H and O–H groups in total. The van der Waals surface area contributed by atoms with Crippen molar-refractivity contribution < 1.29 is 23.3 Å². The molecular formula is C20H22F2N5O3+. The van der Waals surface area contributed by atoms with E-state index in [1.54, 1.807) is 13.0 Å². The SMILES string of the molecule is Cc1c(CC(=O)N[C@@H](CO)C2=[N+](C)CC(F)CC2F)c(=O)[nH]c2ccnc(C#N)c12. The van der Waals surface area contributed by atoms with E-state index in [2.05, 4.69) is 15.3 Å². The summed E-state index contributed by atoms with van der Waals surface area (Å²) in [5.74, 6) is -0.611. The lowest BCUT2D eigenvalue weighted by Gasteiger charge is -2.24. The molecule has 0 fully saturated rings. The zero-order valence-corrected chi connectivity index (χ0v) is 16.6. The number of pyridine rings is 2. The Kier molecular flexibility index (Phi) is 6.22. The number of halogens is 2. The topological polar surface area (TPSA) is 122 Å². The van der Waals surface area contributed by atoms with E-state index in [-0.39, 0.29) is 36.4 Å². The molecule has 1 amide bonds. The number of nitriles is 1. The van der Waals surface area contributed by atoms with E-state index < -0.39 is 36.5 Å². The average molecular weight is 418 g/mol. The zero-order valence-electron chi connectivity index (χ0n) is 16.6. The predicted octanol–water partition coefficient (Wildman–Crippen LogP) is 0.286. The molecule has 0 aliphatic carbocycles. The Labute approximate surface area is 170 Å². The van der Waals surface area contributed by atoms with Crippen LogP contribution in [0.25, 0.3) is 10.9 Å². The highest BCUT2D eigenvalue weighted by Crippen LogP contribution is 2.20. The Bertz CT molecular complexity index is 1120. The number of aromatic amines is 1. The number of hydrogen-bond acceptors (Lipinski definition) is 5. The van der Waals surface area contributed by atoms with Gasteiger partial charge in [-0.2, -0.15) is 5.26 Å². The molecule has 0 saturated carbocycles. The molecule has 2 aromatic rings. The Morgan fingerprint density at radius 1 is 1.53 bits per heavy atom. The molecule has 3 heterocycles. The first-order valence-corrected chi connectivity index (χ1v) is 9.43. The Morgan fingerprint density at radius 2 is 2.27 bits per heavy atom. The fourth-order valence-electron chi connectivity index (χ4n) is 3.93. The monoisotopic (exact) mass is 418 g/mol. The van der Waals surface area contributed by atoms with Gasteiger partial charge in [0.15, 0.2) is 18.9 Å². The number of hydrogen-bond donors (Lipinski definition) is 3. The lowest BCUT2D eigenvalue weighted by atomic mass is 9.98. The fourth-order valence-corrected chi connectivity index (χ4v) is 3.93. The van der Waals surface area contributed by atoms with Crippen molar-refractivity contribution in [1.29, 1.82) is 5.26 Å². The third-order valence-electron chi connectivity index (χ3n) is 5.32. The van der Waals surface area contributed by atoms with Crippen molar-refractivity contribution >= 4 is 22.5 Å². The van der Waals surface area contributed by atoms with Gasteiger partial charge in [-0.25, -0.2) is 18.3 Å². The van der Waals surface area contributed by atoms with E-state index in [0.717, 1.165) is 0 Å². The second kappa shape index (κ2) is 8.67. The summed E-state index contributed by atoms with van der Waals surface area (Å²) in [7, 11) is 1.50.